The zero-order valence-electron chi connectivity index (χ0n) is 19.5. The van der Waals surface area contributed by atoms with Gasteiger partial charge in [0.25, 0.3) is 0 Å². The molecular weight excluding hydrogens is 478 g/mol. The number of hydrogen-bond donors (Lipinski definition) is 1. The molecular formula is C24H25F4N7O. The van der Waals surface area contributed by atoms with Gasteiger partial charge >= 0.3 is 6.18 Å². The summed E-state index contributed by atoms with van der Waals surface area (Å²) in [4.78, 5) is 22.7. The van der Waals surface area contributed by atoms with Crippen molar-refractivity contribution in [3.8, 4) is 5.75 Å². The molecule has 1 saturated heterocycles. The minimum Gasteiger partial charge on any atom is -0.505 e. The predicted octanol–water partition coefficient (Wildman–Crippen LogP) is 3.75. The summed E-state index contributed by atoms with van der Waals surface area (Å²) < 4.78 is 53.6. The molecule has 1 aromatic carbocycles. The standard InChI is InChI=1S/C24H25F4N7O/c1-2-21(33-10-12-34(13-11-33)22-18(24(26,27)28)4-3-7-30-22)32-23(35-9-8-29-16-35)31-15-17-5-6-19(25)20(36)14-17/h2-7,14-16,36H,8-13H2,1H3/b21-2+,31-15+,32-23+. The number of phenolic OH excluding ortho intramolecular Hbond substituents is 1. The van der Waals surface area contributed by atoms with Crippen molar-refractivity contribution >= 4 is 24.3 Å². The van der Waals surface area contributed by atoms with Crippen molar-refractivity contribution in [1.29, 1.82) is 0 Å². The highest BCUT2D eigenvalue weighted by atomic mass is 19.4. The van der Waals surface area contributed by atoms with E-state index in [-0.39, 0.29) is 5.82 Å². The maximum Gasteiger partial charge on any atom is 0.419 e. The molecule has 2 aliphatic heterocycles. The van der Waals surface area contributed by atoms with Crippen LogP contribution in [0.15, 0.2) is 63.4 Å². The van der Waals surface area contributed by atoms with Crippen molar-refractivity contribution in [1.82, 2.24) is 14.8 Å². The second kappa shape index (κ2) is 10.8. The van der Waals surface area contributed by atoms with Crippen molar-refractivity contribution in [3.63, 3.8) is 0 Å². The summed E-state index contributed by atoms with van der Waals surface area (Å²) in [6.07, 6.45) is 1.79. The number of aromatic hydroxyl groups is 1. The fourth-order valence-electron chi connectivity index (χ4n) is 3.88. The van der Waals surface area contributed by atoms with E-state index >= 15 is 0 Å². The first-order valence-electron chi connectivity index (χ1n) is 11.3. The molecule has 0 atom stereocenters. The molecule has 2 aromatic rings. The van der Waals surface area contributed by atoms with Crippen LogP contribution in [0.4, 0.5) is 23.4 Å². The molecule has 0 saturated carbocycles. The van der Waals surface area contributed by atoms with Crippen LogP contribution in [-0.2, 0) is 6.18 Å². The zero-order valence-corrected chi connectivity index (χ0v) is 19.5. The lowest BCUT2D eigenvalue weighted by Crippen LogP contribution is -2.46. The molecule has 1 fully saturated rings. The van der Waals surface area contributed by atoms with E-state index in [2.05, 4.69) is 15.0 Å². The molecule has 190 valence electrons. The zero-order chi connectivity index (χ0) is 25.7. The molecule has 4 rings (SSSR count). The van der Waals surface area contributed by atoms with Gasteiger partial charge < -0.3 is 14.9 Å². The van der Waals surface area contributed by atoms with Crippen molar-refractivity contribution in [3.05, 3.63) is 65.4 Å². The Morgan fingerprint density at radius 3 is 2.53 bits per heavy atom. The Bertz CT molecular complexity index is 1200. The Balaban J connectivity index is 1.51. The topological polar surface area (TPSA) is 79.9 Å². The SMILES string of the molecule is C\C=C(/N=C(\N=C\c1ccc(F)c(O)c1)N1C=NCC1)N1CCN(c2ncccc2C(F)(F)F)CC1. The van der Waals surface area contributed by atoms with E-state index in [0.717, 1.165) is 12.1 Å². The quantitative estimate of drug-likeness (QED) is 0.391. The number of benzene rings is 1. The third-order valence-electron chi connectivity index (χ3n) is 5.72. The molecule has 0 amide bonds. The average molecular weight is 504 g/mol. The number of aromatic nitrogens is 1. The number of alkyl halides is 3. The van der Waals surface area contributed by atoms with E-state index < -0.39 is 23.3 Å². The van der Waals surface area contributed by atoms with Crippen LogP contribution in [0.1, 0.15) is 18.1 Å². The molecule has 2 aliphatic rings. The number of guanidine groups is 1. The van der Waals surface area contributed by atoms with Crippen LogP contribution >= 0.6 is 0 Å². The summed E-state index contributed by atoms with van der Waals surface area (Å²) in [5.41, 5.74) is -0.260. The van der Waals surface area contributed by atoms with Gasteiger partial charge in [-0.3, -0.25) is 9.89 Å². The van der Waals surface area contributed by atoms with Crippen molar-refractivity contribution in [2.75, 3.05) is 44.2 Å². The molecule has 0 radical (unpaired) electrons. The van der Waals surface area contributed by atoms with Gasteiger partial charge in [0.1, 0.15) is 11.6 Å². The monoisotopic (exact) mass is 503 g/mol. The first-order chi connectivity index (χ1) is 17.3. The molecule has 3 heterocycles. The number of hydrogen-bond acceptors (Lipinski definition) is 6. The van der Waals surface area contributed by atoms with Gasteiger partial charge in [-0.2, -0.15) is 18.2 Å². The van der Waals surface area contributed by atoms with Crippen LogP contribution in [0, 0.1) is 5.82 Å². The molecule has 8 nitrogen and oxygen atoms in total. The van der Waals surface area contributed by atoms with Crippen LogP contribution in [0.3, 0.4) is 0 Å². The number of anilines is 1. The van der Waals surface area contributed by atoms with Gasteiger partial charge in [-0.15, -0.1) is 0 Å². The average Bonchev–Trinajstić information content (AvgIpc) is 3.41. The van der Waals surface area contributed by atoms with Crippen LogP contribution in [0.5, 0.6) is 5.75 Å². The van der Waals surface area contributed by atoms with E-state index in [1.54, 1.807) is 16.1 Å². The molecule has 36 heavy (non-hydrogen) atoms. The normalized spacial score (nSPS) is 17.5. The summed E-state index contributed by atoms with van der Waals surface area (Å²) in [5, 5.41) is 9.61. The number of nitrogens with zero attached hydrogens (tertiary/aromatic N) is 7. The van der Waals surface area contributed by atoms with Crippen LogP contribution in [-0.4, -0.2) is 77.7 Å². The third-order valence-corrected chi connectivity index (χ3v) is 5.72. The van der Waals surface area contributed by atoms with Crippen LogP contribution < -0.4 is 4.90 Å². The summed E-state index contributed by atoms with van der Waals surface area (Å²) in [6, 6.07) is 6.22. The molecule has 0 aliphatic carbocycles. The van der Waals surface area contributed by atoms with Crippen molar-refractivity contribution in [2.45, 2.75) is 13.1 Å². The number of pyridine rings is 1. The molecule has 0 bridgehead atoms. The van der Waals surface area contributed by atoms with E-state index in [1.807, 2.05) is 17.9 Å². The van der Waals surface area contributed by atoms with E-state index in [4.69, 9.17) is 4.99 Å². The maximum absolute atomic E-state index is 13.4. The highest BCUT2D eigenvalue weighted by Gasteiger charge is 2.36. The lowest BCUT2D eigenvalue weighted by Gasteiger charge is -2.37. The van der Waals surface area contributed by atoms with E-state index in [1.165, 1.54) is 30.6 Å². The fraction of sp³-hybridized carbons (Fsp3) is 0.333. The van der Waals surface area contributed by atoms with E-state index in [9.17, 15) is 22.7 Å². The Labute approximate surface area is 205 Å². The molecule has 1 aromatic heterocycles. The number of piperazine rings is 1. The Morgan fingerprint density at radius 2 is 1.89 bits per heavy atom. The van der Waals surface area contributed by atoms with Gasteiger partial charge in [0.05, 0.1) is 18.4 Å². The van der Waals surface area contributed by atoms with Crippen molar-refractivity contribution < 1.29 is 22.7 Å². The van der Waals surface area contributed by atoms with Gasteiger partial charge in [-0.05, 0) is 42.8 Å². The number of allylic oxidation sites excluding steroid dienone is 1. The first-order valence-corrected chi connectivity index (χ1v) is 11.3. The lowest BCUT2D eigenvalue weighted by molar-refractivity contribution is -0.137. The Morgan fingerprint density at radius 1 is 1.11 bits per heavy atom. The lowest BCUT2D eigenvalue weighted by atomic mass is 10.2. The largest absolute Gasteiger partial charge is 0.505 e. The minimum absolute atomic E-state index is 0.0729. The van der Waals surface area contributed by atoms with E-state index in [0.29, 0.717) is 56.6 Å². The third kappa shape index (κ3) is 5.81. The van der Waals surface area contributed by atoms with Crippen LogP contribution in [0.25, 0.3) is 0 Å². The second-order valence-electron chi connectivity index (χ2n) is 8.09. The van der Waals surface area contributed by atoms with Gasteiger partial charge in [-0.25, -0.2) is 14.4 Å². The number of halogens is 4. The summed E-state index contributed by atoms with van der Waals surface area (Å²) in [6.45, 7) is 4.54. The summed E-state index contributed by atoms with van der Waals surface area (Å²) in [7, 11) is 0. The van der Waals surface area contributed by atoms with Gasteiger partial charge in [-0.1, -0.05) is 6.07 Å². The number of aliphatic imine (C=N–C) groups is 3. The number of phenols is 1. The van der Waals surface area contributed by atoms with Gasteiger partial charge in [0.2, 0.25) is 5.96 Å². The van der Waals surface area contributed by atoms with Crippen LogP contribution in [0.2, 0.25) is 0 Å². The predicted molar refractivity (Wildman–Crippen MR) is 130 cm³/mol. The molecule has 12 heteroatoms. The highest BCUT2D eigenvalue weighted by Crippen LogP contribution is 2.35. The summed E-state index contributed by atoms with van der Waals surface area (Å²) >= 11 is 0. The van der Waals surface area contributed by atoms with Crippen molar-refractivity contribution in [2.24, 2.45) is 15.0 Å². The first kappa shape index (κ1) is 25.1. The molecule has 0 unspecified atom stereocenters. The summed E-state index contributed by atoms with van der Waals surface area (Å²) in [5.74, 6) is -0.318. The molecule has 0 spiro atoms. The van der Waals surface area contributed by atoms with Gasteiger partial charge in [0.15, 0.2) is 11.6 Å². The molecule has 1 N–H and O–H groups in total. The fourth-order valence-corrected chi connectivity index (χ4v) is 3.88. The Hall–Kier alpha value is -3.96. The number of rotatable bonds is 4. The minimum atomic E-state index is -4.48. The smallest absolute Gasteiger partial charge is 0.419 e. The second-order valence-corrected chi connectivity index (χ2v) is 8.09. The van der Waals surface area contributed by atoms with Gasteiger partial charge in [0, 0.05) is 45.1 Å². The maximum atomic E-state index is 13.4. The Kier molecular flexibility index (Phi) is 7.51. The highest BCUT2D eigenvalue weighted by molar-refractivity contribution is 5.99.